The van der Waals surface area contributed by atoms with Crippen molar-refractivity contribution < 1.29 is 9.53 Å². The molecular weight excluding hydrogens is 234 g/mol. The van der Waals surface area contributed by atoms with Crippen molar-refractivity contribution in [3.63, 3.8) is 0 Å². The highest BCUT2D eigenvalue weighted by Crippen LogP contribution is 2.16. The molecule has 7 nitrogen and oxygen atoms in total. The molecule has 0 aliphatic carbocycles. The first-order chi connectivity index (χ1) is 8.74. The van der Waals surface area contributed by atoms with E-state index < -0.39 is 5.91 Å². The quantitative estimate of drug-likeness (QED) is 0.453. The van der Waals surface area contributed by atoms with Crippen LogP contribution in [-0.4, -0.2) is 28.0 Å². The summed E-state index contributed by atoms with van der Waals surface area (Å²) in [6.45, 7) is 0. The molecule has 0 bridgehead atoms. The summed E-state index contributed by atoms with van der Waals surface area (Å²) in [5.74, 6) is 5.17. The van der Waals surface area contributed by atoms with E-state index in [1.165, 1.54) is 12.4 Å². The maximum absolute atomic E-state index is 11.3. The third kappa shape index (κ3) is 2.41. The summed E-state index contributed by atoms with van der Waals surface area (Å²) in [5, 5.41) is 0. The van der Waals surface area contributed by atoms with Crippen molar-refractivity contribution in [2.24, 2.45) is 5.84 Å². The topological polar surface area (TPSA) is 103 Å². The van der Waals surface area contributed by atoms with E-state index in [1.807, 2.05) is 5.43 Å². The van der Waals surface area contributed by atoms with Gasteiger partial charge in [-0.3, -0.25) is 20.2 Å². The van der Waals surface area contributed by atoms with Gasteiger partial charge in [-0.2, -0.15) is 0 Å². The van der Waals surface area contributed by atoms with E-state index in [4.69, 9.17) is 10.6 Å². The van der Waals surface area contributed by atoms with Gasteiger partial charge < -0.3 is 4.74 Å². The minimum Gasteiger partial charge on any atom is -0.495 e. The zero-order valence-corrected chi connectivity index (χ0v) is 9.62. The van der Waals surface area contributed by atoms with Gasteiger partial charge in [-0.15, -0.1) is 0 Å². The molecule has 0 aromatic carbocycles. The Hall–Kier alpha value is -2.54. The summed E-state index contributed by atoms with van der Waals surface area (Å²) in [4.78, 5) is 23.5. The highest BCUT2D eigenvalue weighted by atomic mass is 16.5. The zero-order valence-electron chi connectivity index (χ0n) is 9.62. The average molecular weight is 245 g/mol. The Labute approximate surface area is 103 Å². The van der Waals surface area contributed by atoms with Crippen molar-refractivity contribution in [3.8, 4) is 17.1 Å². The summed E-state index contributed by atoms with van der Waals surface area (Å²) in [6, 6.07) is 3.48. The molecule has 92 valence electrons. The van der Waals surface area contributed by atoms with Crippen LogP contribution >= 0.6 is 0 Å². The molecule has 0 saturated carbocycles. The first kappa shape index (κ1) is 11.9. The Kier molecular flexibility index (Phi) is 3.44. The van der Waals surface area contributed by atoms with Crippen LogP contribution in [0.1, 0.15) is 10.5 Å². The van der Waals surface area contributed by atoms with E-state index in [0.29, 0.717) is 17.1 Å². The van der Waals surface area contributed by atoms with Gasteiger partial charge in [0.05, 0.1) is 31.4 Å². The number of nitrogens with zero attached hydrogens (tertiary/aromatic N) is 3. The lowest BCUT2D eigenvalue weighted by atomic mass is 10.2. The normalized spacial score (nSPS) is 9.89. The number of aromatic nitrogens is 3. The van der Waals surface area contributed by atoms with Crippen LogP contribution in [0.5, 0.6) is 5.75 Å². The van der Waals surface area contributed by atoms with Crippen LogP contribution in [0.4, 0.5) is 0 Å². The van der Waals surface area contributed by atoms with Crippen LogP contribution < -0.4 is 16.0 Å². The fourth-order valence-electron chi connectivity index (χ4n) is 1.33. The van der Waals surface area contributed by atoms with Gasteiger partial charge in [0.15, 0.2) is 0 Å². The number of amides is 1. The van der Waals surface area contributed by atoms with E-state index in [-0.39, 0.29) is 5.69 Å². The molecule has 18 heavy (non-hydrogen) atoms. The molecule has 0 atom stereocenters. The molecule has 2 heterocycles. The Morgan fingerprint density at radius 1 is 1.28 bits per heavy atom. The highest BCUT2D eigenvalue weighted by Gasteiger charge is 2.08. The van der Waals surface area contributed by atoms with Gasteiger partial charge in [0, 0.05) is 0 Å². The molecule has 7 heteroatoms. The average Bonchev–Trinajstić information content (AvgIpc) is 2.46. The van der Waals surface area contributed by atoms with Crippen LogP contribution in [-0.2, 0) is 0 Å². The molecular formula is C11H11N5O2. The van der Waals surface area contributed by atoms with Gasteiger partial charge in [-0.25, -0.2) is 10.8 Å². The van der Waals surface area contributed by atoms with Gasteiger partial charge in [0.2, 0.25) is 0 Å². The summed E-state index contributed by atoms with van der Waals surface area (Å²) in [6.07, 6.45) is 4.41. The second-order valence-electron chi connectivity index (χ2n) is 3.35. The molecule has 0 radical (unpaired) electrons. The van der Waals surface area contributed by atoms with E-state index in [0.717, 1.165) is 0 Å². The number of methoxy groups -OCH3 is 1. The largest absolute Gasteiger partial charge is 0.495 e. The van der Waals surface area contributed by atoms with E-state index >= 15 is 0 Å². The molecule has 2 rings (SSSR count). The fourth-order valence-corrected chi connectivity index (χ4v) is 1.33. The van der Waals surface area contributed by atoms with E-state index in [1.54, 1.807) is 25.4 Å². The van der Waals surface area contributed by atoms with Crippen molar-refractivity contribution in [1.29, 1.82) is 0 Å². The monoisotopic (exact) mass is 245 g/mol. The number of ether oxygens (including phenoxy) is 1. The fraction of sp³-hybridized carbons (Fsp3) is 0.0909. The number of nitrogens with two attached hydrogens (primary N) is 1. The minimum atomic E-state index is -0.502. The standard InChI is InChI=1S/C11H11N5O2/c1-18-7-2-3-8(14-4-7)9-5-13-6-10(15-9)11(17)16-12/h2-6H,12H2,1H3,(H,16,17). The number of carbonyl (C=O) groups is 1. The van der Waals surface area contributed by atoms with Gasteiger partial charge in [-0.1, -0.05) is 0 Å². The maximum Gasteiger partial charge on any atom is 0.285 e. The number of carbonyl (C=O) groups excluding carboxylic acids is 1. The Morgan fingerprint density at radius 2 is 2.11 bits per heavy atom. The van der Waals surface area contributed by atoms with Crippen molar-refractivity contribution in [2.45, 2.75) is 0 Å². The summed E-state index contributed by atoms with van der Waals surface area (Å²) in [5.41, 5.74) is 3.21. The Morgan fingerprint density at radius 3 is 2.72 bits per heavy atom. The molecule has 0 spiro atoms. The van der Waals surface area contributed by atoms with Gasteiger partial charge >= 0.3 is 0 Å². The number of pyridine rings is 1. The minimum absolute atomic E-state index is 0.132. The lowest BCUT2D eigenvalue weighted by molar-refractivity contribution is 0.0948. The molecule has 0 unspecified atom stereocenters. The summed E-state index contributed by atoms with van der Waals surface area (Å²) in [7, 11) is 1.56. The Balaban J connectivity index is 2.35. The van der Waals surface area contributed by atoms with Gasteiger partial charge in [0.1, 0.15) is 17.1 Å². The molecule has 2 aromatic rings. The molecule has 0 fully saturated rings. The molecule has 2 aromatic heterocycles. The lowest BCUT2D eigenvalue weighted by Gasteiger charge is -2.03. The second kappa shape index (κ2) is 5.19. The first-order valence-electron chi connectivity index (χ1n) is 5.08. The number of rotatable bonds is 3. The third-order valence-corrected chi connectivity index (χ3v) is 2.23. The number of hydrogen-bond donors (Lipinski definition) is 2. The van der Waals surface area contributed by atoms with Crippen LogP contribution in [0, 0.1) is 0 Å². The highest BCUT2D eigenvalue weighted by molar-refractivity contribution is 5.91. The predicted molar refractivity (Wildman–Crippen MR) is 63.5 cm³/mol. The maximum atomic E-state index is 11.3. The predicted octanol–water partition coefficient (Wildman–Crippen LogP) is 0.151. The molecule has 0 aliphatic rings. The second-order valence-corrected chi connectivity index (χ2v) is 3.35. The van der Waals surface area contributed by atoms with E-state index in [2.05, 4.69) is 15.0 Å². The third-order valence-electron chi connectivity index (χ3n) is 2.23. The number of hydrogen-bond acceptors (Lipinski definition) is 6. The van der Waals surface area contributed by atoms with Crippen molar-refractivity contribution in [1.82, 2.24) is 20.4 Å². The first-order valence-corrected chi connectivity index (χ1v) is 5.08. The van der Waals surface area contributed by atoms with Crippen molar-refractivity contribution >= 4 is 5.91 Å². The summed E-state index contributed by atoms with van der Waals surface area (Å²) < 4.78 is 5.01. The zero-order chi connectivity index (χ0) is 13.0. The van der Waals surface area contributed by atoms with Crippen molar-refractivity contribution in [3.05, 3.63) is 36.4 Å². The smallest absolute Gasteiger partial charge is 0.285 e. The van der Waals surface area contributed by atoms with Gasteiger partial charge in [0.25, 0.3) is 5.91 Å². The lowest BCUT2D eigenvalue weighted by Crippen LogP contribution is -2.30. The van der Waals surface area contributed by atoms with Crippen LogP contribution in [0.25, 0.3) is 11.4 Å². The number of nitrogen functional groups attached to an aromatic ring is 1. The number of hydrazine groups is 1. The molecule has 0 aliphatic heterocycles. The molecule has 0 saturated heterocycles. The van der Waals surface area contributed by atoms with Crippen molar-refractivity contribution in [2.75, 3.05) is 7.11 Å². The number of nitrogens with one attached hydrogen (secondary N) is 1. The van der Waals surface area contributed by atoms with Crippen LogP contribution in [0.15, 0.2) is 30.7 Å². The molecule has 3 N–H and O–H groups in total. The SMILES string of the molecule is COc1ccc(-c2cncc(C(=O)NN)n2)nc1. The van der Waals surface area contributed by atoms with E-state index in [9.17, 15) is 4.79 Å². The van der Waals surface area contributed by atoms with Crippen LogP contribution in [0.2, 0.25) is 0 Å². The van der Waals surface area contributed by atoms with Gasteiger partial charge in [-0.05, 0) is 12.1 Å². The summed E-state index contributed by atoms with van der Waals surface area (Å²) >= 11 is 0. The molecule has 1 amide bonds. The Bertz CT molecular complexity index is 556. The van der Waals surface area contributed by atoms with Crippen LogP contribution in [0.3, 0.4) is 0 Å².